The second-order valence-electron chi connectivity index (χ2n) is 6.64. The standard InChI is InChI=1S/C22H16BrClN6O2S/c23-16-1-6-19(31)15(11-16)12-26-27-20(32)13-33-22-29-28-21(14-7-9-25-10-8-14)30(22)18-4-2-17(24)3-5-18/h1-12,31H,13H2,(H,27,32)/b26-12+. The van der Waals surface area contributed by atoms with E-state index in [1.165, 1.54) is 24.0 Å². The molecule has 0 aliphatic rings. The fourth-order valence-electron chi connectivity index (χ4n) is 2.84. The van der Waals surface area contributed by atoms with E-state index in [1.54, 1.807) is 36.7 Å². The number of carbonyl (C=O) groups is 1. The molecule has 2 aromatic carbocycles. The van der Waals surface area contributed by atoms with Crippen LogP contribution in [0.1, 0.15) is 5.56 Å². The molecule has 0 saturated carbocycles. The highest BCUT2D eigenvalue weighted by molar-refractivity contribution is 9.10. The molecule has 0 bridgehead atoms. The number of phenolic OH excluding ortho intramolecular Hbond substituents is 1. The summed E-state index contributed by atoms with van der Waals surface area (Å²) >= 11 is 10.6. The first-order chi connectivity index (χ1) is 16.0. The maximum Gasteiger partial charge on any atom is 0.250 e. The summed E-state index contributed by atoms with van der Waals surface area (Å²) in [5.74, 6) is 0.405. The van der Waals surface area contributed by atoms with E-state index < -0.39 is 0 Å². The summed E-state index contributed by atoms with van der Waals surface area (Å²) in [6.45, 7) is 0. The predicted octanol–water partition coefficient (Wildman–Crippen LogP) is 4.69. The number of hydrazone groups is 1. The largest absolute Gasteiger partial charge is 0.507 e. The number of hydrogen-bond donors (Lipinski definition) is 2. The van der Waals surface area contributed by atoms with Crippen LogP contribution in [0.4, 0.5) is 0 Å². The molecule has 33 heavy (non-hydrogen) atoms. The Balaban J connectivity index is 1.50. The number of pyridine rings is 1. The van der Waals surface area contributed by atoms with Crippen LogP contribution in [0.3, 0.4) is 0 Å². The van der Waals surface area contributed by atoms with Crippen molar-refractivity contribution in [3.8, 4) is 22.8 Å². The summed E-state index contributed by atoms with van der Waals surface area (Å²) in [5, 5.41) is 23.5. The monoisotopic (exact) mass is 542 g/mol. The van der Waals surface area contributed by atoms with E-state index in [0.717, 1.165) is 15.7 Å². The quantitative estimate of drug-likeness (QED) is 0.199. The highest BCUT2D eigenvalue weighted by Gasteiger charge is 2.17. The van der Waals surface area contributed by atoms with Gasteiger partial charge in [0, 0.05) is 38.7 Å². The van der Waals surface area contributed by atoms with Crippen molar-refractivity contribution >= 4 is 51.4 Å². The summed E-state index contributed by atoms with van der Waals surface area (Å²) < 4.78 is 2.64. The fraction of sp³-hybridized carbons (Fsp3) is 0.0455. The molecule has 2 aromatic heterocycles. The Morgan fingerprint density at radius 1 is 1.15 bits per heavy atom. The molecule has 0 atom stereocenters. The lowest BCUT2D eigenvalue weighted by molar-refractivity contribution is -0.118. The first-order valence-electron chi connectivity index (χ1n) is 9.56. The number of nitrogens with zero attached hydrogens (tertiary/aromatic N) is 5. The number of rotatable bonds is 7. The minimum absolute atomic E-state index is 0.0594. The van der Waals surface area contributed by atoms with Gasteiger partial charge in [0.1, 0.15) is 5.75 Å². The molecule has 4 aromatic rings. The van der Waals surface area contributed by atoms with Gasteiger partial charge in [0.05, 0.1) is 12.0 Å². The molecule has 0 spiro atoms. The summed E-state index contributed by atoms with van der Waals surface area (Å²) in [5.41, 5.74) is 4.57. The molecule has 11 heteroatoms. The molecule has 4 rings (SSSR count). The number of carbonyl (C=O) groups excluding carboxylic acids is 1. The summed E-state index contributed by atoms with van der Waals surface area (Å²) in [4.78, 5) is 16.4. The molecule has 0 saturated heterocycles. The van der Waals surface area contributed by atoms with Crippen molar-refractivity contribution in [3.63, 3.8) is 0 Å². The zero-order valence-corrected chi connectivity index (χ0v) is 20.0. The van der Waals surface area contributed by atoms with Crippen molar-refractivity contribution < 1.29 is 9.90 Å². The summed E-state index contributed by atoms with van der Waals surface area (Å²) in [6, 6.07) is 15.9. The van der Waals surface area contributed by atoms with Gasteiger partial charge in [-0.2, -0.15) is 5.10 Å². The molecule has 0 aliphatic heterocycles. The molecule has 166 valence electrons. The first kappa shape index (κ1) is 23.0. The van der Waals surface area contributed by atoms with Crippen molar-refractivity contribution in [3.05, 3.63) is 82.0 Å². The van der Waals surface area contributed by atoms with Gasteiger partial charge in [0.2, 0.25) is 0 Å². The smallest absolute Gasteiger partial charge is 0.250 e. The number of benzene rings is 2. The van der Waals surface area contributed by atoms with Gasteiger partial charge in [-0.05, 0) is 54.6 Å². The lowest BCUT2D eigenvalue weighted by Gasteiger charge is -2.10. The Morgan fingerprint density at radius 3 is 2.67 bits per heavy atom. The van der Waals surface area contributed by atoms with E-state index in [-0.39, 0.29) is 17.4 Å². The molecule has 0 aliphatic carbocycles. The highest BCUT2D eigenvalue weighted by atomic mass is 79.9. The van der Waals surface area contributed by atoms with Gasteiger partial charge in [0.15, 0.2) is 11.0 Å². The third kappa shape index (κ3) is 5.78. The van der Waals surface area contributed by atoms with Crippen LogP contribution in [-0.4, -0.2) is 42.7 Å². The maximum atomic E-state index is 12.3. The normalized spacial score (nSPS) is 11.1. The van der Waals surface area contributed by atoms with E-state index in [4.69, 9.17) is 11.6 Å². The fourth-order valence-corrected chi connectivity index (χ4v) is 4.09. The first-order valence-corrected chi connectivity index (χ1v) is 11.7. The van der Waals surface area contributed by atoms with Crippen LogP contribution >= 0.6 is 39.3 Å². The van der Waals surface area contributed by atoms with Crippen molar-refractivity contribution in [2.75, 3.05) is 5.75 Å². The maximum absolute atomic E-state index is 12.3. The minimum Gasteiger partial charge on any atom is -0.507 e. The van der Waals surface area contributed by atoms with Crippen molar-refractivity contribution in [1.82, 2.24) is 25.2 Å². The van der Waals surface area contributed by atoms with E-state index in [0.29, 0.717) is 21.6 Å². The molecule has 0 fully saturated rings. The topological polar surface area (TPSA) is 105 Å². The third-order valence-electron chi connectivity index (χ3n) is 4.37. The number of hydrogen-bond acceptors (Lipinski definition) is 7. The number of halogens is 2. The summed E-state index contributed by atoms with van der Waals surface area (Å²) in [6.07, 6.45) is 4.73. The molecule has 8 nitrogen and oxygen atoms in total. The van der Waals surface area contributed by atoms with Crippen LogP contribution in [0.25, 0.3) is 17.1 Å². The molecule has 2 heterocycles. The van der Waals surface area contributed by atoms with Crippen LogP contribution in [0, 0.1) is 0 Å². The Bertz CT molecular complexity index is 1300. The number of thioether (sulfide) groups is 1. The van der Waals surface area contributed by atoms with Crippen LogP contribution in [-0.2, 0) is 4.79 Å². The Labute approximate surface area is 206 Å². The van der Waals surface area contributed by atoms with Crippen LogP contribution in [0.5, 0.6) is 5.75 Å². The van der Waals surface area contributed by atoms with Gasteiger partial charge >= 0.3 is 0 Å². The van der Waals surface area contributed by atoms with Gasteiger partial charge in [-0.15, -0.1) is 10.2 Å². The Kier molecular flexibility index (Phi) is 7.38. The van der Waals surface area contributed by atoms with Crippen LogP contribution in [0.2, 0.25) is 5.02 Å². The average molecular weight is 544 g/mol. The number of aromatic nitrogens is 4. The lowest BCUT2D eigenvalue weighted by Crippen LogP contribution is -2.20. The lowest BCUT2D eigenvalue weighted by atomic mass is 10.2. The zero-order valence-electron chi connectivity index (χ0n) is 16.9. The molecule has 2 N–H and O–H groups in total. The molecule has 0 unspecified atom stereocenters. The zero-order chi connectivity index (χ0) is 23.2. The number of aromatic hydroxyl groups is 1. The SMILES string of the molecule is O=C(CSc1nnc(-c2ccncc2)n1-c1ccc(Cl)cc1)N/N=C/c1cc(Br)ccc1O. The van der Waals surface area contributed by atoms with E-state index in [1.807, 2.05) is 28.8 Å². The molecule has 1 amide bonds. The van der Waals surface area contributed by atoms with Gasteiger partial charge in [-0.1, -0.05) is 39.3 Å². The van der Waals surface area contributed by atoms with Gasteiger partial charge < -0.3 is 5.11 Å². The summed E-state index contributed by atoms with van der Waals surface area (Å²) in [7, 11) is 0. The average Bonchev–Trinajstić information content (AvgIpc) is 3.25. The van der Waals surface area contributed by atoms with Crippen molar-refractivity contribution in [2.45, 2.75) is 5.16 Å². The van der Waals surface area contributed by atoms with Crippen molar-refractivity contribution in [1.29, 1.82) is 0 Å². The second kappa shape index (κ2) is 10.6. The Hall–Kier alpha value is -3.21. The van der Waals surface area contributed by atoms with E-state index >= 15 is 0 Å². The van der Waals surface area contributed by atoms with Crippen LogP contribution < -0.4 is 5.43 Å². The molecular formula is C22H16BrClN6O2S. The minimum atomic E-state index is -0.332. The van der Waals surface area contributed by atoms with E-state index in [9.17, 15) is 9.90 Å². The van der Waals surface area contributed by atoms with Crippen LogP contribution in [0.15, 0.2) is 81.7 Å². The van der Waals surface area contributed by atoms with E-state index in [2.05, 4.69) is 41.6 Å². The number of phenols is 1. The van der Waals surface area contributed by atoms with Crippen molar-refractivity contribution in [2.24, 2.45) is 5.10 Å². The third-order valence-corrected chi connectivity index (χ3v) is 6.05. The van der Waals surface area contributed by atoms with Gasteiger partial charge in [-0.25, -0.2) is 5.43 Å². The highest BCUT2D eigenvalue weighted by Crippen LogP contribution is 2.28. The number of nitrogens with one attached hydrogen (secondary N) is 1. The van der Waals surface area contributed by atoms with Gasteiger partial charge in [-0.3, -0.25) is 14.3 Å². The Morgan fingerprint density at radius 2 is 1.91 bits per heavy atom. The van der Waals surface area contributed by atoms with Gasteiger partial charge in [0.25, 0.3) is 5.91 Å². The second-order valence-corrected chi connectivity index (χ2v) is 8.93. The predicted molar refractivity (Wildman–Crippen MR) is 132 cm³/mol. The number of amides is 1. The molecular weight excluding hydrogens is 528 g/mol. The molecule has 0 radical (unpaired) electrons.